The predicted molar refractivity (Wildman–Crippen MR) is 96.3 cm³/mol. The summed E-state index contributed by atoms with van der Waals surface area (Å²) in [5.74, 6) is -1.26. The van der Waals surface area contributed by atoms with E-state index in [0.29, 0.717) is 6.54 Å². The molecule has 0 fully saturated rings. The second-order valence-electron chi connectivity index (χ2n) is 6.00. The molecular formula is C19H18ClFN2O2. The lowest BCUT2D eigenvalue weighted by atomic mass is 10.0. The summed E-state index contributed by atoms with van der Waals surface area (Å²) < 4.78 is 15.3. The van der Waals surface area contributed by atoms with Crippen molar-refractivity contribution in [2.45, 2.75) is 25.9 Å². The standard InChI is InChI=1S/C19H18ClFN2O2/c1-12-16(10-17(22-20)19(24)25)15-4-2-3-5-18(15)23(12)11-13-6-8-14(21)9-7-13/h2-9,17,22H,10-11H2,1H3,(H,24,25)/t17-/m0/s1. The lowest BCUT2D eigenvalue weighted by Crippen LogP contribution is -2.32. The Morgan fingerprint density at radius 3 is 2.56 bits per heavy atom. The number of rotatable bonds is 6. The van der Waals surface area contributed by atoms with Gasteiger partial charge < -0.3 is 9.67 Å². The van der Waals surface area contributed by atoms with Gasteiger partial charge in [0.05, 0.1) is 0 Å². The van der Waals surface area contributed by atoms with Crippen molar-refractivity contribution in [3.63, 3.8) is 0 Å². The highest BCUT2D eigenvalue weighted by Crippen LogP contribution is 2.28. The van der Waals surface area contributed by atoms with Crippen LogP contribution in [0.15, 0.2) is 48.5 Å². The molecule has 2 N–H and O–H groups in total. The molecule has 1 aromatic heterocycles. The van der Waals surface area contributed by atoms with E-state index < -0.39 is 12.0 Å². The van der Waals surface area contributed by atoms with Gasteiger partial charge in [-0.25, -0.2) is 9.23 Å². The van der Waals surface area contributed by atoms with Crippen molar-refractivity contribution in [3.8, 4) is 0 Å². The van der Waals surface area contributed by atoms with Crippen LogP contribution in [0.3, 0.4) is 0 Å². The zero-order chi connectivity index (χ0) is 18.0. The third-order valence-corrected chi connectivity index (χ3v) is 4.72. The first kappa shape index (κ1) is 17.5. The number of hydrogen-bond acceptors (Lipinski definition) is 2. The molecule has 0 aliphatic carbocycles. The number of carboxylic acids is 1. The van der Waals surface area contributed by atoms with Gasteiger partial charge in [-0.05, 0) is 48.0 Å². The zero-order valence-electron chi connectivity index (χ0n) is 13.7. The van der Waals surface area contributed by atoms with Crippen molar-refractivity contribution in [1.29, 1.82) is 0 Å². The fraction of sp³-hybridized carbons (Fsp3) is 0.211. The topological polar surface area (TPSA) is 54.3 Å². The molecule has 4 nitrogen and oxygen atoms in total. The Labute approximate surface area is 150 Å². The summed E-state index contributed by atoms with van der Waals surface area (Å²) in [6.07, 6.45) is 0.279. The Balaban J connectivity index is 2.05. The maximum atomic E-state index is 13.1. The smallest absolute Gasteiger partial charge is 0.322 e. The summed E-state index contributed by atoms with van der Waals surface area (Å²) in [6.45, 7) is 2.55. The number of carboxylic acid groups (broad SMARTS) is 1. The number of carbonyl (C=O) groups is 1. The minimum atomic E-state index is -0.996. The number of halogens is 2. The molecule has 0 bridgehead atoms. The Morgan fingerprint density at radius 1 is 1.24 bits per heavy atom. The first-order valence-corrected chi connectivity index (χ1v) is 8.29. The van der Waals surface area contributed by atoms with E-state index in [-0.39, 0.29) is 12.2 Å². The van der Waals surface area contributed by atoms with Crippen LogP contribution < -0.4 is 4.84 Å². The van der Waals surface area contributed by atoms with Crippen LogP contribution in [-0.4, -0.2) is 21.7 Å². The van der Waals surface area contributed by atoms with E-state index in [4.69, 9.17) is 11.8 Å². The molecule has 1 heterocycles. The van der Waals surface area contributed by atoms with Crippen LogP contribution in [0.5, 0.6) is 0 Å². The van der Waals surface area contributed by atoms with E-state index in [1.807, 2.05) is 31.2 Å². The maximum Gasteiger partial charge on any atom is 0.322 e. The zero-order valence-corrected chi connectivity index (χ0v) is 14.4. The number of nitrogens with zero attached hydrogens (tertiary/aromatic N) is 1. The van der Waals surface area contributed by atoms with Crippen LogP contribution in [0, 0.1) is 12.7 Å². The molecule has 6 heteroatoms. The Bertz CT molecular complexity index is 906. The second kappa shape index (κ2) is 7.25. The van der Waals surface area contributed by atoms with Gasteiger partial charge in [-0.1, -0.05) is 30.3 Å². The van der Waals surface area contributed by atoms with Gasteiger partial charge in [0.15, 0.2) is 0 Å². The molecule has 3 aromatic rings. The number of hydrogen-bond donors (Lipinski definition) is 2. The first-order valence-electron chi connectivity index (χ1n) is 7.91. The van der Waals surface area contributed by atoms with Crippen molar-refractivity contribution in [2.24, 2.45) is 0 Å². The van der Waals surface area contributed by atoms with Crippen LogP contribution in [0.25, 0.3) is 10.9 Å². The highest BCUT2D eigenvalue weighted by molar-refractivity contribution is 6.14. The van der Waals surface area contributed by atoms with E-state index in [2.05, 4.69) is 9.40 Å². The predicted octanol–water partition coefficient (Wildman–Crippen LogP) is 3.88. The normalized spacial score (nSPS) is 12.4. The summed E-state index contributed by atoms with van der Waals surface area (Å²) in [7, 11) is 0. The largest absolute Gasteiger partial charge is 0.480 e. The average Bonchev–Trinajstić information content (AvgIpc) is 2.86. The van der Waals surface area contributed by atoms with Gasteiger partial charge in [-0.15, -0.1) is 0 Å². The first-order chi connectivity index (χ1) is 12.0. The average molecular weight is 361 g/mol. The molecule has 0 unspecified atom stereocenters. The van der Waals surface area contributed by atoms with E-state index in [0.717, 1.165) is 27.7 Å². The summed E-state index contributed by atoms with van der Waals surface area (Å²) in [4.78, 5) is 13.7. The third kappa shape index (κ3) is 3.52. The fourth-order valence-corrected chi connectivity index (χ4v) is 3.28. The van der Waals surface area contributed by atoms with Gasteiger partial charge in [0, 0.05) is 29.6 Å². The van der Waals surface area contributed by atoms with E-state index in [1.165, 1.54) is 12.1 Å². The van der Waals surface area contributed by atoms with Gasteiger partial charge >= 0.3 is 5.97 Å². The van der Waals surface area contributed by atoms with Crippen LogP contribution in [-0.2, 0) is 17.8 Å². The van der Waals surface area contributed by atoms with E-state index in [9.17, 15) is 14.3 Å². The number of aromatic nitrogens is 1. The summed E-state index contributed by atoms with van der Waals surface area (Å²) in [5, 5.41) is 10.3. The number of para-hydroxylation sites is 1. The number of benzene rings is 2. The van der Waals surface area contributed by atoms with E-state index >= 15 is 0 Å². The van der Waals surface area contributed by atoms with E-state index in [1.54, 1.807) is 12.1 Å². The molecule has 0 radical (unpaired) electrons. The molecule has 3 rings (SSSR count). The molecule has 0 aliphatic rings. The highest BCUT2D eigenvalue weighted by Gasteiger charge is 2.22. The minimum absolute atomic E-state index is 0.268. The maximum absolute atomic E-state index is 13.1. The molecule has 0 spiro atoms. The molecule has 2 aromatic carbocycles. The lowest BCUT2D eigenvalue weighted by molar-refractivity contribution is -0.138. The van der Waals surface area contributed by atoms with Crippen molar-refractivity contribution < 1.29 is 14.3 Å². The van der Waals surface area contributed by atoms with Crippen molar-refractivity contribution >= 4 is 28.6 Å². The molecule has 1 atom stereocenters. The monoisotopic (exact) mass is 360 g/mol. The molecule has 0 saturated heterocycles. The Hall–Kier alpha value is -2.37. The molecule has 0 aliphatic heterocycles. The van der Waals surface area contributed by atoms with Crippen molar-refractivity contribution in [3.05, 3.63) is 71.2 Å². The van der Waals surface area contributed by atoms with Crippen LogP contribution in [0.2, 0.25) is 0 Å². The van der Waals surface area contributed by atoms with Gasteiger partial charge in [0.1, 0.15) is 11.9 Å². The van der Waals surface area contributed by atoms with Crippen LogP contribution in [0.4, 0.5) is 4.39 Å². The molecule has 0 saturated carbocycles. The van der Waals surface area contributed by atoms with Crippen LogP contribution in [0.1, 0.15) is 16.8 Å². The lowest BCUT2D eigenvalue weighted by Gasteiger charge is -2.11. The molecule has 130 valence electrons. The quantitative estimate of drug-likeness (QED) is 0.656. The van der Waals surface area contributed by atoms with Crippen molar-refractivity contribution in [1.82, 2.24) is 9.40 Å². The minimum Gasteiger partial charge on any atom is -0.480 e. The fourth-order valence-electron chi connectivity index (χ4n) is 3.11. The molecule has 0 amide bonds. The Morgan fingerprint density at radius 2 is 1.92 bits per heavy atom. The number of fused-ring (bicyclic) bond motifs is 1. The second-order valence-corrected chi connectivity index (χ2v) is 6.22. The number of nitrogens with one attached hydrogen (secondary N) is 1. The SMILES string of the molecule is Cc1c(C[C@H](NCl)C(=O)O)c2ccccc2n1Cc1ccc(F)cc1. The number of aliphatic carboxylic acids is 1. The van der Waals surface area contributed by atoms with Gasteiger partial charge in [0.25, 0.3) is 0 Å². The third-order valence-electron chi connectivity index (χ3n) is 4.45. The van der Waals surface area contributed by atoms with Crippen molar-refractivity contribution in [2.75, 3.05) is 0 Å². The molecule has 25 heavy (non-hydrogen) atoms. The highest BCUT2D eigenvalue weighted by atomic mass is 35.5. The summed E-state index contributed by atoms with van der Waals surface area (Å²) >= 11 is 5.59. The summed E-state index contributed by atoms with van der Waals surface area (Å²) in [5.41, 5.74) is 3.90. The molecular weight excluding hydrogens is 343 g/mol. The van der Waals surface area contributed by atoms with Gasteiger partial charge in [0.2, 0.25) is 0 Å². The van der Waals surface area contributed by atoms with Crippen LogP contribution >= 0.6 is 11.8 Å². The Kier molecular flexibility index (Phi) is 5.06. The van der Waals surface area contributed by atoms with Gasteiger partial charge in [-0.2, -0.15) is 0 Å². The summed E-state index contributed by atoms with van der Waals surface area (Å²) in [6, 6.07) is 13.4. The van der Waals surface area contributed by atoms with Gasteiger partial charge in [-0.3, -0.25) is 4.79 Å².